The van der Waals surface area contributed by atoms with E-state index in [-0.39, 0.29) is 23.7 Å². The van der Waals surface area contributed by atoms with Gasteiger partial charge < -0.3 is 9.88 Å². The first kappa shape index (κ1) is 32.6. The molecule has 2 aliphatic rings. The van der Waals surface area contributed by atoms with Gasteiger partial charge in [0.15, 0.2) is 0 Å². The van der Waals surface area contributed by atoms with E-state index in [0.717, 1.165) is 57.1 Å². The molecule has 0 unspecified atom stereocenters. The number of benzene rings is 1. The fraction of sp³-hybridized carbons (Fsp3) is 0.586. The molecule has 1 aromatic carbocycles. The van der Waals surface area contributed by atoms with Crippen LogP contribution in [0.15, 0.2) is 29.2 Å². The maximum absolute atomic E-state index is 14.2. The summed E-state index contributed by atoms with van der Waals surface area (Å²) < 4.78 is 72.7. The zero-order valence-corrected chi connectivity index (χ0v) is 24.7. The van der Waals surface area contributed by atoms with Crippen LogP contribution >= 0.6 is 0 Å². The van der Waals surface area contributed by atoms with Gasteiger partial charge in [-0.1, -0.05) is 25.3 Å². The van der Waals surface area contributed by atoms with E-state index in [1.54, 1.807) is 26.8 Å². The van der Waals surface area contributed by atoms with E-state index in [2.05, 4.69) is 10.0 Å². The molecule has 0 aliphatic heterocycles. The number of aromatic nitrogens is 1. The zero-order chi connectivity index (χ0) is 30.6. The summed E-state index contributed by atoms with van der Waals surface area (Å²) >= 11 is 0. The monoisotopic (exact) mass is 597 g/mol. The van der Waals surface area contributed by atoms with Gasteiger partial charge in [0.2, 0.25) is 10.0 Å². The lowest BCUT2D eigenvalue weighted by Crippen LogP contribution is -2.41. The number of nitrogens with one attached hydrogen (secondary N) is 2. The summed E-state index contributed by atoms with van der Waals surface area (Å²) in [5.41, 5.74) is -0.298. The number of sulfonamides is 1. The van der Waals surface area contributed by atoms with Gasteiger partial charge in [-0.3, -0.25) is 4.79 Å². The highest BCUT2D eigenvalue weighted by Gasteiger charge is 2.39. The molecule has 0 saturated heterocycles. The molecule has 226 valence electrons. The summed E-state index contributed by atoms with van der Waals surface area (Å²) in [7, 11) is -4.43. The van der Waals surface area contributed by atoms with Crippen LogP contribution in [0.3, 0.4) is 0 Å². The molecule has 0 radical (unpaired) electrons. The molecule has 4 rings (SSSR count). The lowest BCUT2D eigenvalue weighted by Gasteiger charge is -2.26. The highest BCUT2D eigenvalue weighted by Crippen LogP contribution is 2.39. The first-order valence-electron chi connectivity index (χ1n) is 13.8. The lowest BCUT2D eigenvalue weighted by molar-refractivity contribution is -0.191. The molecule has 2 N–H and O–H groups in total. The Bertz CT molecular complexity index is 1380. The van der Waals surface area contributed by atoms with E-state index in [0.29, 0.717) is 29.4 Å². The Labute approximate surface area is 239 Å². The fourth-order valence-corrected chi connectivity index (χ4v) is 7.02. The Morgan fingerprint density at radius 3 is 2.12 bits per heavy atom. The van der Waals surface area contributed by atoms with Gasteiger partial charge in [-0.25, -0.2) is 13.1 Å². The van der Waals surface area contributed by atoms with Crippen molar-refractivity contribution >= 4 is 22.1 Å². The average Bonchev–Trinajstić information content (AvgIpc) is 3.16. The molecule has 1 amide bonds. The van der Waals surface area contributed by atoms with E-state index < -0.39 is 32.2 Å². The van der Waals surface area contributed by atoms with Crippen molar-refractivity contribution in [3.8, 4) is 11.3 Å². The minimum Gasteiger partial charge on any atom is -0.349 e. The minimum absolute atomic E-state index is 0.128. The number of nitrogens with zero attached hydrogens (tertiary/aromatic N) is 1. The Hall–Kier alpha value is -2.95. The largest absolute Gasteiger partial charge is 0.417 e. The van der Waals surface area contributed by atoms with Crippen LogP contribution in [0.5, 0.6) is 0 Å². The highest BCUT2D eigenvalue weighted by atomic mass is 32.2. The molecule has 1 heterocycles. The maximum Gasteiger partial charge on any atom is 0.417 e. The molecule has 8 nitrogen and oxygen atoms in total. The number of hydrogen-bond acceptors (Lipinski definition) is 5. The summed E-state index contributed by atoms with van der Waals surface area (Å²) in [6.07, 6.45) is 3.74. The van der Waals surface area contributed by atoms with Gasteiger partial charge in [0.25, 0.3) is 5.91 Å². The quantitative estimate of drug-likeness (QED) is 0.416. The van der Waals surface area contributed by atoms with E-state index in [4.69, 9.17) is 9.59 Å². The summed E-state index contributed by atoms with van der Waals surface area (Å²) in [5.74, 6) is 0.148. The van der Waals surface area contributed by atoms with E-state index in [1.165, 1.54) is 12.5 Å². The lowest BCUT2D eigenvalue weighted by atomic mass is 9.89. The zero-order valence-electron chi connectivity index (χ0n) is 23.9. The molecule has 2 aliphatic carbocycles. The number of rotatable bonds is 7. The highest BCUT2D eigenvalue weighted by molar-refractivity contribution is 7.89. The van der Waals surface area contributed by atoms with E-state index in [1.807, 2.05) is 11.5 Å². The minimum atomic E-state index is -4.89. The standard InChI is InChI=1S/C28H38F3N3O3S.CO2/c1-18-22(26(35)32-21-11-8-12-21)16-24(34(18)17-19-9-6-5-7-10-19)20-13-14-25(23(15-20)28(29,30)31)38(36,37)33-27(2,3)4;2-1-3/h13-16,19,21,33H,5-12,17H2,1-4H3,(H,32,35);. The van der Waals surface area contributed by atoms with Crippen LogP contribution < -0.4 is 10.0 Å². The van der Waals surface area contributed by atoms with Crippen LogP contribution in [0.4, 0.5) is 13.2 Å². The van der Waals surface area contributed by atoms with E-state index >= 15 is 0 Å². The average molecular weight is 598 g/mol. The number of carbonyl (C=O) groups is 1. The fourth-order valence-electron chi connectivity index (χ4n) is 5.40. The predicted octanol–water partition coefficient (Wildman–Crippen LogP) is 5.84. The smallest absolute Gasteiger partial charge is 0.349 e. The van der Waals surface area contributed by atoms with Crippen LogP contribution in [-0.2, 0) is 32.3 Å². The SMILES string of the molecule is Cc1c(C(=O)NC2CCC2)cc(-c2ccc(S(=O)(=O)NC(C)(C)C)c(C(F)(F)F)c2)n1CC1CCCCC1.O=C=O. The molecule has 2 saturated carbocycles. The van der Waals surface area contributed by atoms with Gasteiger partial charge in [-0.2, -0.15) is 22.8 Å². The Kier molecular flexibility index (Phi) is 10.3. The summed E-state index contributed by atoms with van der Waals surface area (Å²) in [6.45, 7) is 7.15. The molecule has 0 bridgehead atoms. The van der Waals surface area contributed by atoms with Gasteiger partial charge in [0, 0.05) is 29.5 Å². The van der Waals surface area contributed by atoms with Gasteiger partial charge in [-0.15, -0.1) is 0 Å². The molecule has 2 fully saturated rings. The summed E-state index contributed by atoms with van der Waals surface area (Å²) in [5, 5.41) is 3.04. The van der Waals surface area contributed by atoms with Gasteiger partial charge >= 0.3 is 12.3 Å². The third-order valence-corrected chi connectivity index (χ3v) is 9.34. The van der Waals surface area contributed by atoms with Crippen molar-refractivity contribution in [2.45, 2.75) is 108 Å². The number of carbonyl (C=O) groups excluding carboxylic acids is 3. The van der Waals surface area contributed by atoms with Gasteiger partial charge in [0.05, 0.1) is 16.0 Å². The second-order valence-corrected chi connectivity index (χ2v) is 13.5. The van der Waals surface area contributed by atoms with Crippen molar-refractivity contribution in [3.05, 3.63) is 41.1 Å². The number of halogens is 3. The second-order valence-electron chi connectivity index (χ2n) is 11.9. The third kappa shape index (κ3) is 8.30. The summed E-state index contributed by atoms with van der Waals surface area (Å²) in [6, 6.07) is 5.11. The third-order valence-electron chi connectivity index (χ3n) is 7.53. The van der Waals surface area contributed by atoms with Gasteiger partial charge in [0.1, 0.15) is 0 Å². The van der Waals surface area contributed by atoms with Crippen molar-refractivity contribution in [1.29, 1.82) is 0 Å². The van der Waals surface area contributed by atoms with Crippen molar-refractivity contribution in [2.24, 2.45) is 5.92 Å². The van der Waals surface area contributed by atoms with Crippen LogP contribution in [0, 0.1) is 12.8 Å². The van der Waals surface area contributed by atoms with E-state index in [9.17, 15) is 26.4 Å². The molecular formula is C29H38F3N3O5S. The Balaban J connectivity index is 0.00000147. The number of amides is 1. The molecule has 2 aromatic rings. The van der Waals surface area contributed by atoms with Crippen LogP contribution in [0.1, 0.15) is 93.8 Å². The van der Waals surface area contributed by atoms with Crippen LogP contribution in [-0.4, -0.2) is 36.6 Å². The number of alkyl halides is 3. The topological polar surface area (TPSA) is 114 Å². The Morgan fingerprint density at radius 2 is 1.61 bits per heavy atom. The van der Waals surface area contributed by atoms with Crippen LogP contribution in [0.25, 0.3) is 11.3 Å². The first-order chi connectivity index (χ1) is 19.1. The van der Waals surface area contributed by atoms with Gasteiger partial charge in [-0.05, 0) is 89.5 Å². The van der Waals surface area contributed by atoms with Crippen molar-refractivity contribution in [1.82, 2.24) is 14.6 Å². The predicted molar refractivity (Wildman–Crippen MR) is 146 cm³/mol. The molecule has 0 spiro atoms. The van der Waals surface area contributed by atoms with Crippen molar-refractivity contribution in [2.75, 3.05) is 0 Å². The maximum atomic E-state index is 14.2. The normalized spacial score (nSPS) is 16.8. The molecule has 1 aromatic heterocycles. The number of hydrogen-bond donors (Lipinski definition) is 2. The molecule has 41 heavy (non-hydrogen) atoms. The Morgan fingerprint density at radius 1 is 1.00 bits per heavy atom. The molecule has 0 atom stereocenters. The molecular weight excluding hydrogens is 559 g/mol. The van der Waals surface area contributed by atoms with Crippen molar-refractivity contribution < 1.29 is 36.0 Å². The van der Waals surface area contributed by atoms with Crippen LogP contribution in [0.2, 0.25) is 0 Å². The summed E-state index contributed by atoms with van der Waals surface area (Å²) in [4.78, 5) is 28.5. The first-order valence-corrected chi connectivity index (χ1v) is 15.3. The van der Waals surface area contributed by atoms with Crippen molar-refractivity contribution in [3.63, 3.8) is 0 Å². The molecule has 12 heteroatoms. The second kappa shape index (κ2) is 12.9.